The molecule has 3 N–H and O–H groups in total. The van der Waals surface area contributed by atoms with E-state index in [0.717, 1.165) is 12.8 Å². The summed E-state index contributed by atoms with van der Waals surface area (Å²) in [5.74, 6) is 0.651. The van der Waals surface area contributed by atoms with Crippen molar-refractivity contribution >= 4 is 27.3 Å². The molecule has 0 spiro atoms. The Bertz CT molecular complexity index is 620. The average Bonchev–Trinajstić information content (AvgIpc) is 2.90. The van der Waals surface area contributed by atoms with E-state index in [1.165, 1.54) is 4.88 Å². The molecular formula is C15H28N4O2S2. The minimum atomic E-state index is -3.25. The third-order valence-electron chi connectivity index (χ3n) is 3.27. The van der Waals surface area contributed by atoms with Crippen LogP contribution in [0.5, 0.6) is 0 Å². The first-order chi connectivity index (χ1) is 10.5. The molecule has 0 radical (unpaired) electrons. The molecule has 0 bridgehead atoms. The summed E-state index contributed by atoms with van der Waals surface area (Å²) in [6.07, 6.45) is 1.16. The quantitative estimate of drug-likeness (QED) is 0.509. The monoisotopic (exact) mass is 360 g/mol. The van der Waals surface area contributed by atoms with E-state index in [0.29, 0.717) is 12.5 Å². The molecule has 0 fully saturated rings. The Morgan fingerprint density at radius 1 is 1.22 bits per heavy atom. The second-order valence-corrected chi connectivity index (χ2v) is 9.59. The molecular weight excluding hydrogens is 332 g/mol. The first-order valence-electron chi connectivity index (χ1n) is 7.43. The van der Waals surface area contributed by atoms with Crippen LogP contribution in [0.4, 0.5) is 0 Å². The van der Waals surface area contributed by atoms with Gasteiger partial charge in [-0.3, -0.25) is 4.99 Å². The van der Waals surface area contributed by atoms with Gasteiger partial charge < -0.3 is 10.6 Å². The number of sulfonamides is 1. The lowest BCUT2D eigenvalue weighted by molar-refractivity contribution is 0.444. The van der Waals surface area contributed by atoms with Crippen molar-refractivity contribution in [2.24, 2.45) is 4.99 Å². The number of aliphatic imine (C=N–C) groups is 1. The molecule has 0 aliphatic carbocycles. The van der Waals surface area contributed by atoms with Crippen molar-refractivity contribution in [3.8, 4) is 0 Å². The Morgan fingerprint density at radius 2 is 1.83 bits per heavy atom. The summed E-state index contributed by atoms with van der Waals surface area (Å²) in [4.78, 5) is 5.50. The fourth-order valence-corrected chi connectivity index (χ4v) is 4.05. The van der Waals surface area contributed by atoms with Gasteiger partial charge in [0.1, 0.15) is 0 Å². The maximum Gasteiger partial charge on any atom is 0.209 e. The SMILES string of the molecule is CN=C(NCC(C)(C)NS(C)(=O)=O)NCC(C)(C)c1cccs1. The molecule has 23 heavy (non-hydrogen) atoms. The first-order valence-corrected chi connectivity index (χ1v) is 10.2. The molecule has 0 atom stereocenters. The highest BCUT2D eigenvalue weighted by Crippen LogP contribution is 2.26. The van der Waals surface area contributed by atoms with Crippen molar-refractivity contribution in [1.29, 1.82) is 0 Å². The molecule has 0 saturated heterocycles. The third kappa shape index (κ3) is 7.32. The highest BCUT2D eigenvalue weighted by atomic mass is 32.2. The fraction of sp³-hybridized carbons (Fsp3) is 0.667. The van der Waals surface area contributed by atoms with Gasteiger partial charge in [-0.05, 0) is 25.3 Å². The lowest BCUT2D eigenvalue weighted by atomic mass is 9.91. The molecule has 1 heterocycles. The maximum absolute atomic E-state index is 11.4. The van der Waals surface area contributed by atoms with Crippen molar-refractivity contribution < 1.29 is 8.42 Å². The molecule has 8 heteroatoms. The van der Waals surface area contributed by atoms with Gasteiger partial charge >= 0.3 is 0 Å². The molecule has 0 saturated carbocycles. The molecule has 1 aromatic rings. The van der Waals surface area contributed by atoms with E-state index in [1.54, 1.807) is 18.4 Å². The number of rotatable bonds is 7. The van der Waals surface area contributed by atoms with Crippen molar-refractivity contribution in [3.05, 3.63) is 22.4 Å². The van der Waals surface area contributed by atoms with Gasteiger partial charge in [-0.1, -0.05) is 19.9 Å². The second kappa shape index (κ2) is 7.63. The summed E-state index contributed by atoms with van der Waals surface area (Å²) in [5, 5.41) is 8.54. The van der Waals surface area contributed by atoms with Gasteiger partial charge in [0.15, 0.2) is 5.96 Å². The Kier molecular flexibility index (Phi) is 6.61. The van der Waals surface area contributed by atoms with Gasteiger partial charge in [-0.25, -0.2) is 13.1 Å². The van der Waals surface area contributed by atoms with E-state index in [4.69, 9.17) is 0 Å². The Labute approximate surface area is 143 Å². The Morgan fingerprint density at radius 3 is 2.30 bits per heavy atom. The van der Waals surface area contributed by atoms with E-state index >= 15 is 0 Å². The third-order valence-corrected chi connectivity index (χ3v) is 5.43. The van der Waals surface area contributed by atoms with Crippen LogP contribution in [0, 0.1) is 0 Å². The number of guanidine groups is 1. The maximum atomic E-state index is 11.4. The molecule has 0 aromatic carbocycles. The van der Waals surface area contributed by atoms with Crippen LogP contribution >= 0.6 is 11.3 Å². The van der Waals surface area contributed by atoms with Crippen LogP contribution in [0.15, 0.2) is 22.5 Å². The predicted octanol–water partition coefficient (Wildman–Crippen LogP) is 1.52. The molecule has 132 valence electrons. The number of nitrogens with one attached hydrogen (secondary N) is 3. The molecule has 0 aliphatic heterocycles. The fourth-order valence-electron chi connectivity index (χ4n) is 2.12. The van der Waals surface area contributed by atoms with Gasteiger partial charge in [0.25, 0.3) is 0 Å². The van der Waals surface area contributed by atoms with Crippen molar-refractivity contribution in [1.82, 2.24) is 15.4 Å². The van der Waals surface area contributed by atoms with Crippen LogP contribution in [0.2, 0.25) is 0 Å². The summed E-state index contributed by atoms with van der Waals surface area (Å²) in [6, 6.07) is 4.18. The van der Waals surface area contributed by atoms with Crippen molar-refractivity contribution in [3.63, 3.8) is 0 Å². The first kappa shape index (κ1) is 19.9. The normalized spacial score (nSPS) is 13.9. The van der Waals surface area contributed by atoms with E-state index in [9.17, 15) is 8.42 Å². The lowest BCUT2D eigenvalue weighted by Gasteiger charge is -2.28. The minimum absolute atomic E-state index is 0.00763. The van der Waals surface area contributed by atoms with Crippen LogP contribution in [0.25, 0.3) is 0 Å². The highest BCUT2D eigenvalue weighted by molar-refractivity contribution is 7.88. The van der Waals surface area contributed by atoms with Gasteiger partial charge in [0.2, 0.25) is 10.0 Å². The van der Waals surface area contributed by atoms with Gasteiger partial charge in [0.05, 0.1) is 6.26 Å². The van der Waals surface area contributed by atoms with E-state index < -0.39 is 15.6 Å². The zero-order valence-electron chi connectivity index (χ0n) is 14.7. The van der Waals surface area contributed by atoms with E-state index in [1.807, 2.05) is 19.9 Å². The molecule has 1 aromatic heterocycles. The van der Waals surface area contributed by atoms with Crippen molar-refractivity contribution in [2.75, 3.05) is 26.4 Å². The molecule has 0 aliphatic rings. The standard InChI is InChI=1S/C15H28N4O2S2/c1-14(2,12-8-7-9-22-12)10-17-13(16-5)18-11-15(3,4)19-23(6,20)21/h7-9,19H,10-11H2,1-6H3,(H2,16,17,18). The number of nitrogens with zero attached hydrogens (tertiary/aromatic N) is 1. The lowest BCUT2D eigenvalue weighted by Crippen LogP contribution is -2.53. The molecule has 0 amide bonds. The molecule has 6 nitrogen and oxygen atoms in total. The number of thiophene rings is 1. The Hall–Kier alpha value is -1.12. The summed E-state index contributed by atoms with van der Waals surface area (Å²) in [6.45, 7) is 9.16. The highest BCUT2D eigenvalue weighted by Gasteiger charge is 2.24. The zero-order valence-corrected chi connectivity index (χ0v) is 16.4. The van der Waals surface area contributed by atoms with Crippen LogP contribution in [-0.4, -0.2) is 46.3 Å². The smallest absolute Gasteiger partial charge is 0.209 e. The average molecular weight is 361 g/mol. The van der Waals surface area contributed by atoms with E-state index in [2.05, 4.69) is 45.6 Å². The van der Waals surface area contributed by atoms with Crippen LogP contribution in [0.3, 0.4) is 0 Å². The zero-order chi connectivity index (χ0) is 17.7. The minimum Gasteiger partial charge on any atom is -0.356 e. The molecule has 1 rings (SSSR count). The van der Waals surface area contributed by atoms with Crippen LogP contribution in [-0.2, 0) is 15.4 Å². The summed E-state index contributed by atoms with van der Waals surface area (Å²) >= 11 is 1.74. The van der Waals surface area contributed by atoms with Gasteiger partial charge in [0, 0.05) is 36.0 Å². The summed E-state index contributed by atoms with van der Waals surface area (Å²) in [7, 11) is -1.55. The largest absolute Gasteiger partial charge is 0.356 e. The predicted molar refractivity (Wildman–Crippen MR) is 98.8 cm³/mol. The summed E-state index contributed by atoms with van der Waals surface area (Å²) < 4.78 is 25.3. The topological polar surface area (TPSA) is 82.6 Å². The Balaban J connectivity index is 2.56. The number of hydrogen-bond acceptors (Lipinski definition) is 4. The van der Waals surface area contributed by atoms with Crippen LogP contribution in [0.1, 0.15) is 32.6 Å². The van der Waals surface area contributed by atoms with E-state index in [-0.39, 0.29) is 5.41 Å². The van der Waals surface area contributed by atoms with Gasteiger partial charge in [-0.2, -0.15) is 0 Å². The number of hydrogen-bond donors (Lipinski definition) is 3. The molecule has 0 unspecified atom stereocenters. The van der Waals surface area contributed by atoms with Crippen LogP contribution < -0.4 is 15.4 Å². The summed E-state index contributed by atoms with van der Waals surface area (Å²) in [5.41, 5.74) is -0.610. The second-order valence-electron chi connectivity index (χ2n) is 6.90. The van der Waals surface area contributed by atoms with Crippen molar-refractivity contribution in [2.45, 2.75) is 38.6 Å². The van der Waals surface area contributed by atoms with Gasteiger partial charge in [-0.15, -0.1) is 11.3 Å².